The smallest absolute Gasteiger partial charge is 0.257 e. The number of carbonyl (C=O) groups is 1. The van der Waals surface area contributed by atoms with E-state index in [0.717, 1.165) is 5.56 Å². The van der Waals surface area contributed by atoms with Crippen molar-refractivity contribution >= 4 is 5.91 Å². The number of carbonyl (C=O) groups excluding carboxylic acids is 1. The molecule has 0 radical (unpaired) electrons. The maximum Gasteiger partial charge on any atom is 0.257 e. The Bertz CT molecular complexity index is 645. The van der Waals surface area contributed by atoms with E-state index in [1.807, 2.05) is 4.90 Å². The molecule has 6 nitrogen and oxygen atoms in total. The fraction of sp³-hybridized carbons (Fsp3) is 0.500. The Kier molecular flexibility index (Phi) is 3.78. The van der Waals surface area contributed by atoms with E-state index < -0.39 is 0 Å². The second-order valence-corrected chi connectivity index (χ2v) is 6.71. The van der Waals surface area contributed by atoms with Crippen molar-refractivity contribution < 1.29 is 14.3 Å². The van der Waals surface area contributed by atoms with Gasteiger partial charge in [-0.1, -0.05) is 13.8 Å². The maximum absolute atomic E-state index is 12.9. The van der Waals surface area contributed by atoms with E-state index >= 15 is 0 Å². The Labute approximate surface area is 129 Å². The molecule has 0 bridgehead atoms. The van der Waals surface area contributed by atoms with Crippen LogP contribution in [0, 0.1) is 5.41 Å². The zero-order valence-corrected chi connectivity index (χ0v) is 12.9. The van der Waals surface area contributed by atoms with E-state index in [0.29, 0.717) is 37.2 Å². The van der Waals surface area contributed by atoms with Crippen LogP contribution in [0.25, 0.3) is 11.3 Å². The molecular formula is C16H21N3O3. The van der Waals surface area contributed by atoms with Gasteiger partial charge in [0.1, 0.15) is 0 Å². The van der Waals surface area contributed by atoms with Gasteiger partial charge in [-0.15, -0.1) is 0 Å². The largest absolute Gasteiger partial charge is 0.472 e. The minimum absolute atomic E-state index is 0.0628. The van der Waals surface area contributed by atoms with Crippen molar-refractivity contribution in [3.05, 3.63) is 30.4 Å². The standard InChI is InChI=1S/C16H21N3O3/c1-16(2)7-12(20)3-5-19(10-16)15(21)13-8-17-18-14(13)11-4-6-22-9-11/h4,6,8-9,12,20H,3,5,7,10H2,1-2H3,(H,17,18). The summed E-state index contributed by atoms with van der Waals surface area (Å²) in [7, 11) is 0. The fourth-order valence-electron chi connectivity index (χ4n) is 3.12. The lowest BCUT2D eigenvalue weighted by atomic mass is 9.87. The van der Waals surface area contributed by atoms with Crippen molar-refractivity contribution in [3.63, 3.8) is 0 Å². The molecule has 0 spiro atoms. The number of nitrogens with one attached hydrogen (secondary N) is 1. The molecule has 1 saturated heterocycles. The van der Waals surface area contributed by atoms with Crippen LogP contribution in [0.5, 0.6) is 0 Å². The highest BCUT2D eigenvalue weighted by Gasteiger charge is 2.32. The number of aromatic nitrogens is 2. The number of amides is 1. The van der Waals surface area contributed by atoms with Crippen molar-refractivity contribution in [2.45, 2.75) is 32.8 Å². The normalized spacial score (nSPS) is 21.6. The summed E-state index contributed by atoms with van der Waals surface area (Å²) in [6.07, 6.45) is 5.66. The predicted octanol–water partition coefficient (Wildman–Crippen LogP) is 2.29. The lowest BCUT2D eigenvalue weighted by Crippen LogP contribution is -2.37. The summed E-state index contributed by atoms with van der Waals surface area (Å²) in [4.78, 5) is 14.7. The molecule has 1 aliphatic heterocycles. The van der Waals surface area contributed by atoms with E-state index in [-0.39, 0.29) is 17.4 Å². The molecule has 3 rings (SSSR count). The molecule has 22 heavy (non-hydrogen) atoms. The van der Waals surface area contributed by atoms with E-state index in [1.165, 1.54) is 0 Å². The average Bonchev–Trinajstić information content (AvgIpc) is 3.09. The van der Waals surface area contributed by atoms with Gasteiger partial charge in [-0.25, -0.2) is 0 Å². The summed E-state index contributed by atoms with van der Waals surface area (Å²) >= 11 is 0. The Hall–Kier alpha value is -2.08. The molecule has 1 unspecified atom stereocenters. The molecule has 2 N–H and O–H groups in total. The number of furan rings is 1. The Morgan fingerprint density at radius 1 is 1.55 bits per heavy atom. The second-order valence-electron chi connectivity index (χ2n) is 6.71. The van der Waals surface area contributed by atoms with E-state index in [2.05, 4.69) is 24.0 Å². The van der Waals surface area contributed by atoms with Gasteiger partial charge in [-0.3, -0.25) is 9.89 Å². The molecule has 0 aromatic carbocycles. The lowest BCUT2D eigenvalue weighted by molar-refractivity contribution is 0.0705. The van der Waals surface area contributed by atoms with Gasteiger partial charge >= 0.3 is 0 Å². The second kappa shape index (κ2) is 5.61. The van der Waals surface area contributed by atoms with Crippen LogP contribution in [-0.2, 0) is 0 Å². The van der Waals surface area contributed by atoms with Crippen LogP contribution in [-0.4, -0.2) is 45.3 Å². The SMILES string of the molecule is CC1(C)CC(O)CCN(C(=O)c2cn[nH]c2-c2ccoc2)C1. The highest BCUT2D eigenvalue weighted by molar-refractivity contribution is 5.99. The molecule has 2 aromatic heterocycles. The molecule has 1 aliphatic rings. The van der Waals surface area contributed by atoms with Gasteiger partial charge < -0.3 is 14.4 Å². The molecule has 1 fully saturated rings. The van der Waals surface area contributed by atoms with Gasteiger partial charge in [0, 0.05) is 18.7 Å². The van der Waals surface area contributed by atoms with Crippen molar-refractivity contribution in [2.24, 2.45) is 5.41 Å². The van der Waals surface area contributed by atoms with Gasteiger partial charge in [0.05, 0.1) is 36.1 Å². The predicted molar refractivity (Wildman–Crippen MR) is 81.2 cm³/mol. The number of hydrogen-bond donors (Lipinski definition) is 2. The first-order valence-electron chi connectivity index (χ1n) is 7.49. The van der Waals surface area contributed by atoms with Crippen LogP contribution in [0.15, 0.2) is 29.2 Å². The van der Waals surface area contributed by atoms with E-state index in [1.54, 1.807) is 24.8 Å². The monoisotopic (exact) mass is 303 g/mol. The van der Waals surface area contributed by atoms with Crippen molar-refractivity contribution in [1.82, 2.24) is 15.1 Å². The highest BCUT2D eigenvalue weighted by atomic mass is 16.3. The summed E-state index contributed by atoms with van der Waals surface area (Å²) in [5.41, 5.74) is 1.90. The quantitative estimate of drug-likeness (QED) is 0.891. The molecule has 1 amide bonds. The molecule has 118 valence electrons. The van der Waals surface area contributed by atoms with Crippen LogP contribution in [0.3, 0.4) is 0 Å². The van der Waals surface area contributed by atoms with E-state index in [4.69, 9.17) is 4.42 Å². The van der Waals surface area contributed by atoms with Crippen molar-refractivity contribution in [2.75, 3.05) is 13.1 Å². The molecular weight excluding hydrogens is 282 g/mol. The van der Waals surface area contributed by atoms with Crippen LogP contribution < -0.4 is 0 Å². The van der Waals surface area contributed by atoms with Gasteiger partial charge in [0.25, 0.3) is 5.91 Å². The van der Waals surface area contributed by atoms with Crippen LogP contribution in [0.1, 0.15) is 37.0 Å². The minimum Gasteiger partial charge on any atom is -0.472 e. The van der Waals surface area contributed by atoms with Crippen molar-refractivity contribution in [1.29, 1.82) is 0 Å². The molecule has 3 heterocycles. The first-order valence-corrected chi connectivity index (χ1v) is 7.49. The third-order valence-corrected chi connectivity index (χ3v) is 4.11. The molecule has 2 aromatic rings. The fourth-order valence-corrected chi connectivity index (χ4v) is 3.12. The summed E-state index contributed by atoms with van der Waals surface area (Å²) in [5, 5.41) is 16.9. The molecule has 1 atom stereocenters. The van der Waals surface area contributed by atoms with Crippen LogP contribution in [0.4, 0.5) is 0 Å². The third kappa shape index (κ3) is 2.92. The minimum atomic E-state index is -0.356. The average molecular weight is 303 g/mol. The number of aliphatic hydroxyl groups excluding tert-OH is 1. The summed E-state index contributed by atoms with van der Waals surface area (Å²) in [6.45, 7) is 5.33. The number of aliphatic hydroxyl groups is 1. The highest BCUT2D eigenvalue weighted by Crippen LogP contribution is 2.30. The van der Waals surface area contributed by atoms with Gasteiger partial charge in [0.2, 0.25) is 0 Å². The lowest BCUT2D eigenvalue weighted by Gasteiger charge is -2.29. The van der Waals surface area contributed by atoms with Gasteiger partial charge in [0.15, 0.2) is 0 Å². The topological polar surface area (TPSA) is 82.4 Å². The van der Waals surface area contributed by atoms with E-state index in [9.17, 15) is 9.90 Å². The first kappa shape index (κ1) is 14.8. The number of hydrogen-bond acceptors (Lipinski definition) is 4. The third-order valence-electron chi connectivity index (χ3n) is 4.11. The zero-order valence-electron chi connectivity index (χ0n) is 12.9. The Morgan fingerprint density at radius 3 is 3.09 bits per heavy atom. The Balaban J connectivity index is 1.87. The maximum atomic E-state index is 12.9. The number of H-pyrrole nitrogens is 1. The molecule has 0 saturated carbocycles. The Morgan fingerprint density at radius 2 is 2.36 bits per heavy atom. The molecule has 0 aliphatic carbocycles. The summed E-state index contributed by atoms with van der Waals surface area (Å²) in [5.74, 6) is -0.0628. The zero-order chi connectivity index (χ0) is 15.7. The van der Waals surface area contributed by atoms with Gasteiger partial charge in [-0.2, -0.15) is 5.10 Å². The van der Waals surface area contributed by atoms with Crippen molar-refractivity contribution in [3.8, 4) is 11.3 Å². The first-order chi connectivity index (χ1) is 10.5. The number of rotatable bonds is 2. The summed E-state index contributed by atoms with van der Waals surface area (Å²) in [6, 6.07) is 1.79. The van der Waals surface area contributed by atoms with Crippen LogP contribution in [0.2, 0.25) is 0 Å². The number of likely N-dealkylation sites (tertiary alicyclic amines) is 1. The van der Waals surface area contributed by atoms with Crippen LogP contribution >= 0.6 is 0 Å². The summed E-state index contributed by atoms with van der Waals surface area (Å²) < 4.78 is 5.08. The molecule has 6 heteroatoms. The van der Waals surface area contributed by atoms with Gasteiger partial charge in [-0.05, 0) is 24.3 Å². The number of nitrogens with zero attached hydrogens (tertiary/aromatic N) is 2. The number of aromatic amines is 1.